The third-order valence-electron chi connectivity index (χ3n) is 6.51. The van der Waals surface area contributed by atoms with Crippen LogP contribution in [0.2, 0.25) is 0 Å². The van der Waals surface area contributed by atoms with Crippen LogP contribution in [-0.2, 0) is 17.9 Å². The predicted octanol–water partition coefficient (Wildman–Crippen LogP) is 2.39. The number of piperidine rings is 2. The number of amides is 1. The fourth-order valence-electron chi connectivity index (χ4n) is 4.68. The van der Waals surface area contributed by atoms with E-state index in [1.807, 2.05) is 30.6 Å². The molecular formula is C23H32N6O. The van der Waals surface area contributed by atoms with Crippen LogP contribution in [0, 0.1) is 0 Å². The highest BCUT2D eigenvalue weighted by Gasteiger charge is 2.44. The summed E-state index contributed by atoms with van der Waals surface area (Å²) in [5, 5.41) is 3.26. The molecule has 0 aliphatic carbocycles. The van der Waals surface area contributed by atoms with Crippen LogP contribution < -0.4 is 11.1 Å². The molecule has 0 bridgehead atoms. The highest BCUT2D eigenvalue weighted by Crippen LogP contribution is 2.32. The van der Waals surface area contributed by atoms with Crippen molar-refractivity contribution in [2.45, 2.75) is 50.7 Å². The fourth-order valence-corrected chi connectivity index (χ4v) is 4.68. The lowest BCUT2D eigenvalue weighted by atomic mass is 9.83. The molecule has 2 aliphatic heterocycles. The van der Waals surface area contributed by atoms with Gasteiger partial charge >= 0.3 is 0 Å². The smallest absolute Gasteiger partial charge is 0.238 e. The van der Waals surface area contributed by atoms with Crippen molar-refractivity contribution in [2.75, 3.05) is 31.5 Å². The van der Waals surface area contributed by atoms with Crippen molar-refractivity contribution in [1.82, 2.24) is 19.8 Å². The first-order chi connectivity index (χ1) is 14.7. The Balaban J connectivity index is 1.29. The van der Waals surface area contributed by atoms with Crippen LogP contribution in [0.4, 0.5) is 5.95 Å². The first-order valence-corrected chi connectivity index (χ1v) is 11.0. The molecule has 2 aliphatic rings. The molecule has 1 aromatic heterocycles. The molecule has 3 N–H and O–H groups in total. The monoisotopic (exact) mass is 408 g/mol. The molecule has 7 nitrogen and oxygen atoms in total. The summed E-state index contributed by atoms with van der Waals surface area (Å²) in [6, 6.07) is 10.2. The van der Waals surface area contributed by atoms with E-state index in [-0.39, 0.29) is 5.91 Å². The molecule has 2 aromatic rings. The average molecular weight is 409 g/mol. The summed E-state index contributed by atoms with van der Waals surface area (Å²) in [6.45, 7) is 5.23. The van der Waals surface area contributed by atoms with Gasteiger partial charge in [-0.05, 0) is 44.3 Å². The molecule has 30 heavy (non-hydrogen) atoms. The van der Waals surface area contributed by atoms with Gasteiger partial charge in [0, 0.05) is 44.1 Å². The minimum Gasteiger partial charge on any atom is -0.368 e. The highest BCUT2D eigenvalue weighted by atomic mass is 16.1. The second kappa shape index (κ2) is 9.53. The Labute approximate surface area is 178 Å². The third-order valence-corrected chi connectivity index (χ3v) is 6.51. The van der Waals surface area contributed by atoms with Crippen molar-refractivity contribution >= 4 is 11.9 Å². The summed E-state index contributed by atoms with van der Waals surface area (Å²) >= 11 is 0. The molecule has 2 saturated heterocycles. The Morgan fingerprint density at radius 1 is 0.967 bits per heavy atom. The molecule has 1 amide bonds. The van der Waals surface area contributed by atoms with Crippen molar-refractivity contribution < 1.29 is 4.79 Å². The molecular weight excluding hydrogens is 376 g/mol. The quantitative estimate of drug-likeness (QED) is 0.732. The topological polar surface area (TPSA) is 87.4 Å². The first kappa shape index (κ1) is 20.8. The van der Waals surface area contributed by atoms with Gasteiger partial charge in [-0.25, -0.2) is 9.97 Å². The van der Waals surface area contributed by atoms with Gasteiger partial charge in [0.2, 0.25) is 11.9 Å². The Kier molecular flexibility index (Phi) is 6.59. The maximum Gasteiger partial charge on any atom is 0.238 e. The van der Waals surface area contributed by atoms with Crippen LogP contribution in [-0.4, -0.2) is 57.4 Å². The van der Waals surface area contributed by atoms with Gasteiger partial charge in [0.05, 0.1) is 0 Å². The lowest BCUT2D eigenvalue weighted by Crippen LogP contribution is -2.63. The molecule has 1 aromatic carbocycles. The number of hydrogen-bond donors (Lipinski definition) is 2. The van der Waals surface area contributed by atoms with Gasteiger partial charge in [-0.2, -0.15) is 0 Å². The fraction of sp³-hybridized carbons (Fsp3) is 0.522. The molecule has 160 valence electrons. The lowest BCUT2D eigenvalue weighted by molar-refractivity contribution is -0.135. The Bertz CT molecular complexity index is 811. The van der Waals surface area contributed by atoms with Crippen molar-refractivity contribution in [3.05, 3.63) is 53.9 Å². The summed E-state index contributed by atoms with van der Waals surface area (Å²) in [7, 11) is 0. The summed E-state index contributed by atoms with van der Waals surface area (Å²) in [5.74, 6) is 0.486. The molecule has 0 atom stereocenters. The predicted molar refractivity (Wildman–Crippen MR) is 118 cm³/mol. The van der Waals surface area contributed by atoms with E-state index in [4.69, 9.17) is 5.73 Å². The van der Waals surface area contributed by atoms with Crippen LogP contribution in [0.25, 0.3) is 0 Å². The van der Waals surface area contributed by atoms with E-state index in [2.05, 4.69) is 37.2 Å². The van der Waals surface area contributed by atoms with Gasteiger partial charge < -0.3 is 11.1 Å². The van der Waals surface area contributed by atoms with E-state index >= 15 is 0 Å². The maximum atomic E-state index is 12.4. The summed E-state index contributed by atoms with van der Waals surface area (Å²) in [4.78, 5) is 26.0. The van der Waals surface area contributed by atoms with Crippen LogP contribution in [0.5, 0.6) is 0 Å². The van der Waals surface area contributed by atoms with Crippen LogP contribution in [0.1, 0.15) is 43.2 Å². The van der Waals surface area contributed by atoms with Crippen molar-refractivity contribution in [3.8, 4) is 0 Å². The standard InChI is InChI=1S/C23H32N6O/c24-21(30)23(29-11-5-2-6-12-29)9-13-28(14-10-23)18-20-16-26-22(27-17-20)25-15-19-7-3-1-4-8-19/h1,3-4,7-8,16-17H,2,5-6,9-15,18H2,(H2,24,30)(H,25,26,27). The van der Waals surface area contributed by atoms with Crippen LogP contribution in [0.3, 0.4) is 0 Å². The Morgan fingerprint density at radius 2 is 1.63 bits per heavy atom. The molecule has 0 radical (unpaired) electrons. The zero-order chi connectivity index (χ0) is 20.8. The molecule has 0 saturated carbocycles. The Morgan fingerprint density at radius 3 is 2.27 bits per heavy atom. The van der Waals surface area contributed by atoms with Gasteiger partial charge in [-0.1, -0.05) is 36.8 Å². The average Bonchev–Trinajstić information content (AvgIpc) is 2.80. The zero-order valence-electron chi connectivity index (χ0n) is 17.6. The SMILES string of the molecule is NC(=O)C1(N2CCCCC2)CCN(Cc2cnc(NCc3ccccc3)nc2)CC1. The van der Waals surface area contributed by atoms with Gasteiger partial charge in [0.15, 0.2) is 0 Å². The van der Waals surface area contributed by atoms with Crippen molar-refractivity contribution in [1.29, 1.82) is 0 Å². The number of hydrogen-bond acceptors (Lipinski definition) is 6. The highest BCUT2D eigenvalue weighted by molar-refractivity contribution is 5.84. The number of rotatable bonds is 7. The second-order valence-electron chi connectivity index (χ2n) is 8.47. The lowest BCUT2D eigenvalue weighted by Gasteiger charge is -2.48. The van der Waals surface area contributed by atoms with E-state index in [1.54, 1.807) is 0 Å². The van der Waals surface area contributed by atoms with E-state index in [0.717, 1.165) is 51.1 Å². The number of anilines is 1. The molecule has 7 heteroatoms. The molecule has 0 spiro atoms. The molecule has 0 unspecified atom stereocenters. The normalized spacial score (nSPS) is 20.0. The largest absolute Gasteiger partial charge is 0.368 e. The van der Waals surface area contributed by atoms with E-state index in [9.17, 15) is 4.79 Å². The number of carbonyl (C=O) groups is 1. The number of carbonyl (C=O) groups excluding carboxylic acids is 1. The van der Waals surface area contributed by atoms with Crippen molar-refractivity contribution in [2.24, 2.45) is 5.73 Å². The number of nitrogens with zero attached hydrogens (tertiary/aromatic N) is 4. The van der Waals surface area contributed by atoms with Gasteiger partial charge in [0.25, 0.3) is 0 Å². The number of aromatic nitrogens is 2. The number of nitrogens with two attached hydrogens (primary N) is 1. The van der Waals surface area contributed by atoms with Gasteiger partial charge in [0.1, 0.15) is 5.54 Å². The number of nitrogens with one attached hydrogen (secondary N) is 1. The summed E-state index contributed by atoms with van der Waals surface area (Å²) in [6.07, 6.45) is 8.98. The number of benzene rings is 1. The van der Waals surface area contributed by atoms with Gasteiger partial charge in [-0.15, -0.1) is 0 Å². The van der Waals surface area contributed by atoms with E-state index in [1.165, 1.54) is 24.8 Å². The summed E-state index contributed by atoms with van der Waals surface area (Å²) in [5.41, 5.74) is 7.72. The third kappa shape index (κ3) is 4.79. The zero-order valence-corrected chi connectivity index (χ0v) is 17.6. The molecule has 2 fully saturated rings. The Hall–Kier alpha value is -2.51. The summed E-state index contributed by atoms with van der Waals surface area (Å²) < 4.78 is 0. The number of primary amides is 1. The second-order valence-corrected chi connectivity index (χ2v) is 8.47. The minimum absolute atomic E-state index is 0.152. The van der Waals surface area contributed by atoms with E-state index < -0.39 is 5.54 Å². The number of likely N-dealkylation sites (tertiary alicyclic amines) is 2. The van der Waals surface area contributed by atoms with Crippen LogP contribution in [0.15, 0.2) is 42.7 Å². The van der Waals surface area contributed by atoms with Gasteiger partial charge in [-0.3, -0.25) is 14.6 Å². The molecule has 3 heterocycles. The van der Waals surface area contributed by atoms with E-state index in [0.29, 0.717) is 12.5 Å². The molecule has 4 rings (SSSR count). The first-order valence-electron chi connectivity index (χ1n) is 11.0. The van der Waals surface area contributed by atoms with Crippen molar-refractivity contribution in [3.63, 3.8) is 0 Å². The minimum atomic E-state index is -0.460. The maximum absolute atomic E-state index is 12.4. The van der Waals surface area contributed by atoms with Crippen LogP contribution >= 0.6 is 0 Å².